The molecule has 6 heteroatoms. The second-order valence-corrected chi connectivity index (χ2v) is 3.34. The Morgan fingerprint density at radius 3 is 3.00 bits per heavy atom. The van der Waals surface area contributed by atoms with E-state index in [9.17, 15) is 4.79 Å². The number of carbonyl (C=O) groups excluding carboxylic acids is 1. The van der Waals surface area contributed by atoms with E-state index in [1.54, 1.807) is 0 Å². The summed E-state index contributed by atoms with van der Waals surface area (Å²) in [6, 6.07) is -0.328. The van der Waals surface area contributed by atoms with Gasteiger partial charge in [-0.3, -0.25) is 4.79 Å². The number of nitrogens with two attached hydrogens (primary N) is 1. The van der Waals surface area contributed by atoms with Crippen molar-refractivity contribution >= 4 is 28.5 Å². The molecule has 0 aromatic carbocycles. The van der Waals surface area contributed by atoms with Crippen molar-refractivity contribution in [2.24, 2.45) is 5.73 Å². The average Bonchev–Trinajstić information content (AvgIpc) is 2.04. The molecule has 0 aromatic rings. The van der Waals surface area contributed by atoms with Crippen LogP contribution < -0.4 is 5.73 Å². The first-order chi connectivity index (χ1) is 5.25. The molecule has 4 nitrogen and oxygen atoms in total. The van der Waals surface area contributed by atoms with Crippen LogP contribution in [0.1, 0.15) is 0 Å². The molecule has 64 valence electrons. The molecule has 0 bridgehead atoms. The van der Waals surface area contributed by atoms with E-state index in [1.807, 2.05) is 4.31 Å². The Morgan fingerprint density at radius 1 is 1.82 bits per heavy atom. The van der Waals surface area contributed by atoms with Gasteiger partial charge in [0.2, 0.25) is 5.91 Å². The average molecular weight is 194 g/mol. The van der Waals surface area contributed by atoms with Crippen molar-refractivity contribution in [3.63, 3.8) is 0 Å². The first-order valence-electron chi connectivity index (χ1n) is 3.21. The SMILES string of the molecule is NC(=O)C1COCCN1SS. The molecule has 1 heterocycles. The highest BCUT2D eigenvalue weighted by Crippen LogP contribution is 2.20. The zero-order valence-electron chi connectivity index (χ0n) is 5.90. The zero-order valence-corrected chi connectivity index (χ0v) is 7.61. The van der Waals surface area contributed by atoms with Gasteiger partial charge in [0.1, 0.15) is 6.04 Å². The second-order valence-electron chi connectivity index (χ2n) is 2.22. The van der Waals surface area contributed by atoms with Crippen LogP contribution >= 0.6 is 22.6 Å². The molecular weight excluding hydrogens is 184 g/mol. The van der Waals surface area contributed by atoms with Crippen molar-refractivity contribution in [3.05, 3.63) is 0 Å². The molecule has 0 aromatic heterocycles. The van der Waals surface area contributed by atoms with E-state index >= 15 is 0 Å². The quantitative estimate of drug-likeness (QED) is 0.359. The number of morpholine rings is 1. The lowest BCUT2D eigenvalue weighted by Gasteiger charge is -2.30. The number of ether oxygens (including phenoxy) is 1. The van der Waals surface area contributed by atoms with Crippen LogP contribution in [0.5, 0.6) is 0 Å². The first-order valence-corrected chi connectivity index (χ1v) is 5.03. The van der Waals surface area contributed by atoms with Crippen LogP contribution in [0.2, 0.25) is 0 Å². The van der Waals surface area contributed by atoms with Crippen LogP contribution in [0.3, 0.4) is 0 Å². The number of carbonyl (C=O) groups is 1. The third-order valence-corrected chi connectivity index (χ3v) is 2.79. The third-order valence-electron chi connectivity index (χ3n) is 1.51. The van der Waals surface area contributed by atoms with E-state index in [-0.39, 0.29) is 11.9 Å². The summed E-state index contributed by atoms with van der Waals surface area (Å²) in [5.41, 5.74) is 5.13. The lowest BCUT2D eigenvalue weighted by atomic mass is 10.3. The van der Waals surface area contributed by atoms with Crippen LogP contribution in [0.4, 0.5) is 0 Å². The van der Waals surface area contributed by atoms with Gasteiger partial charge in [0, 0.05) is 6.54 Å². The highest BCUT2D eigenvalue weighted by atomic mass is 33.1. The number of hydrogen-bond donors (Lipinski definition) is 2. The van der Waals surface area contributed by atoms with Crippen molar-refractivity contribution in [1.29, 1.82) is 0 Å². The topological polar surface area (TPSA) is 55.6 Å². The van der Waals surface area contributed by atoms with E-state index in [2.05, 4.69) is 11.7 Å². The summed E-state index contributed by atoms with van der Waals surface area (Å²) in [7, 11) is 1.23. The maximum atomic E-state index is 10.8. The van der Waals surface area contributed by atoms with Gasteiger partial charge in [0.05, 0.1) is 13.2 Å². The molecule has 0 radical (unpaired) electrons. The third kappa shape index (κ3) is 2.26. The lowest BCUT2D eigenvalue weighted by molar-refractivity contribution is -0.125. The maximum Gasteiger partial charge on any atom is 0.238 e. The number of thiol groups is 1. The Balaban J connectivity index is 2.51. The summed E-state index contributed by atoms with van der Waals surface area (Å²) in [5.74, 6) is -0.355. The Morgan fingerprint density at radius 2 is 2.55 bits per heavy atom. The summed E-state index contributed by atoms with van der Waals surface area (Å²) in [4.78, 5) is 10.8. The van der Waals surface area contributed by atoms with Gasteiger partial charge < -0.3 is 10.5 Å². The van der Waals surface area contributed by atoms with Gasteiger partial charge in [-0.1, -0.05) is 11.7 Å². The summed E-state index contributed by atoms with van der Waals surface area (Å²) in [6.45, 7) is 1.71. The van der Waals surface area contributed by atoms with Crippen LogP contribution in [-0.2, 0) is 9.53 Å². The minimum Gasteiger partial charge on any atom is -0.378 e. The van der Waals surface area contributed by atoms with Crippen molar-refractivity contribution < 1.29 is 9.53 Å². The summed E-state index contributed by atoms with van der Waals surface area (Å²) in [5, 5.41) is 0. The Bertz CT molecular complexity index is 155. The number of rotatable bonds is 2. The van der Waals surface area contributed by atoms with Crippen LogP contribution in [0.15, 0.2) is 0 Å². The number of nitrogens with zero attached hydrogens (tertiary/aromatic N) is 1. The van der Waals surface area contributed by atoms with E-state index in [4.69, 9.17) is 10.5 Å². The Hall–Kier alpha value is 0.0900. The van der Waals surface area contributed by atoms with Crippen LogP contribution in [0.25, 0.3) is 0 Å². The van der Waals surface area contributed by atoms with Crippen molar-refractivity contribution in [2.75, 3.05) is 19.8 Å². The molecule has 1 aliphatic heterocycles. The standard InChI is InChI=1S/C5H10N2O2S2/c6-5(8)4-3-9-2-1-7(4)11-10/h4,10H,1-3H2,(H2,6,8). The molecule has 1 amide bonds. The molecular formula is C5H10N2O2S2. The van der Waals surface area contributed by atoms with Gasteiger partial charge in [-0.25, -0.2) is 4.31 Å². The second kappa shape index (κ2) is 4.20. The van der Waals surface area contributed by atoms with Crippen LogP contribution in [-0.4, -0.2) is 36.0 Å². The van der Waals surface area contributed by atoms with Crippen molar-refractivity contribution in [1.82, 2.24) is 4.31 Å². The fourth-order valence-corrected chi connectivity index (χ4v) is 1.93. The normalized spacial score (nSPS) is 26.8. The maximum absolute atomic E-state index is 10.8. The molecule has 2 N–H and O–H groups in total. The minimum absolute atomic E-state index is 0.328. The van der Waals surface area contributed by atoms with Gasteiger partial charge in [0.25, 0.3) is 0 Å². The van der Waals surface area contributed by atoms with Gasteiger partial charge in [-0.2, -0.15) is 0 Å². The highest BCUT2D eigenvalue weighted by molar-refractivity contribution is 8.67. The largest absolute Gasteiger partial charge is 0.378 e. The van der Waals surface area contributed by atoms with Crippen molar-refractivity contribution in [3.8, 4) is 0 Å². The summed E-state index contributed by atoms with van der Waals surface area (Å²) < 4.78 is 6.90. The monoisotopic (exact) mass is 194 g/mol. The molecule has 0 saturated carbocycles. The molecule has 1 unspecified atom stereocenters. The van der Waals surface area contributed by atoms with Gasteiger partial charge in [-0.15, -0.1) is 0 Å². The summed E-state index contributed by atoms with van der Waals surface area (Å²) >= 11 is 4.00. The molecule has 1 atom stereocenters. The summed E-state index contributed by atoms with van der Waals surface area (Å²) in [6.07, 6.45) is 0. The van der Waals surface area contributed by atoms with Crippen molar-refractivity contribution in [2.45, 2.75) is 6.04 Å². The molecule has 1 rings (SSSR count). The van der Waals surface area contributed by atoms with Gasteiger partial charge in [0.15, 0.2) is 0 Å². The molecule has 0 spiro atoms. The van der Waals surface area contributed by atoms with E-state index in [0.717, 1.165) is 0 Å². The van der Waals surface area contributed by atoms with E-state index < -0.39 is 0 Å². The van der Waals surface area contributed by atoms with Gasteiger partial charge >= 0.3 is 0 Å². The minimum atomic E-state index is -0.355. The van der Waals surface area contributed by atoms with Crippen LogP contribution in [0, 0.1) is 0 Å². The fourth-order valence-electron chi connectivity index (χ4n) is 0.910. The number of amides is 1. The zero-order chi connectivity index (χ0) is 8.27. The number of primary amides is 1. The first kappa shape index (κ1) is 9.18. The number of hydrogen-bond acceptors (Lipinski definition) is 5. The predicted molar refractivity (Wildman–Crippen MR) is 47.1 cm³/mol. The molecule has 1 saturated heterocycles. The Kier molecular flexibility index (Phi) is 3.50. The smallest absolute Gasteiger partial charge is 0.238 e. The van der Waals surface area contributed by atoms with E-state index in [1.165, 1.54) is 11.0 Å². The van der Waals surface area contributed by atoms with E-state index in [0.29, 0.717) is 19.8 Å². The fraction of sp³-hybridized carbons (Fsp3) is 0.800. The predicted octanol–water partition coefficient (Wildman–Crippen LogP) is -0.334. The molecule has 1 fully saturated rings. The molecule has 0 aliphatic carbocycles. The molecule has 11 heavy (non-hydrogen) atoms. The Labute approximate surface area is 74.4 Å². The highest BCUT2D eigenvalue weighted by Gasteiger charge is 2.27. The van der Waals surface area contributed by atoms with Gasteiger partial charge in [-0.05, 0) is 11.0 Å². The molecule has 1 aliphatic rings. The lowest BCUT2D eigenvalue weighted by Crippen LogP contribution is -2.48.